The third-order valence-electron chi connectivity index (χ3n) is 3.32. The zero-order valence-corrected chi connectivity index (χ0v) is 10.8. The summed E-state index contributed by atoms with van der Waals surface area (Å²) in [5.74, 6) is 0.105. The van der Waals surface area contributed by atoms with Gasteiger partial charge in [-0.15, -0.1) is 0 Å². The second kappa shape index (κ2) is 5.83. The van der Waals surface area contributed by atoms with E-state index in [1.54, 1.807) is 0 Å². The molecule has 1 amide bonds. The van der Waals surface area contributed by atoms with Crippen molar-refractivity contribution < 1.29 is 4.79 Å². The average Bonchev–Trinajstić information content (AvgIpc) is 2.86. The van der Waals surface area contributed by atoms with Crippen LogP contribution in [0.4, 0.5) is 0 Å². The molecule has 1 aliphatic heterocycles. The fourth-order valence-corrected chi connectivity index (χ4v) is 2.35. The van der Waals surface area contributed by atoms with Gasteiger partial charge in [0.05, 0.1) is 6.04 Å². The number of carbonyl (C=O) groups excluding carboxylic acids is 1. The van der Waals surface area contributed by atoms with Crippen molar-refractivity contribution in [3.63, 3.8) is 0 Å². The lowest BCUT2D eigenvalue weighted by molar-refractivity contribution is 0.0744. The predicted molar refractivity (Wildman–Crippen MR) is 73.2 cm³/mol. The van der Waals surface area contributed by atoms with Crippen molar-refractivity contribution in [1.29, 1.82) is 0 Å². The predicted octanol–water partition coefficient (Wildman–Crippen LogP) is 2.33. The quantitative estimate of drug-likeness (QED) is 0.826. The lowest BCUT2D eigenvalue weighted by Gasteiger charge is -2.24. The molecule has 1 heterocycles. The van der Waals surface area contributed by atoms with E-state index in [2.05, 4.69) is 19.1 Å². The maximum Gasteiger partial charge on any atom is 0.254 e. The third kappa shape index (κ3) is 2.62. The Labute approximate surface area is 108 Å². The van der Waals surface area contributed by atoms with Gasteiger partial charge in [-0.25, -0.2) is 0 Å². The molecule has 1 atom stereocenters. The van der Waals surface area contributed by atoms with Gasteiger partial charge in [-0.1, -0.05) is 37.6 Å². The summed E-state index contributed by atoms with van der Waals surface area (Å²) < 4.78 is 0. The molecular formula is C15H20N2O. The maximum atomic E-state index is 12.4. The molecule has 1 aromatic rings. The van der Waals surface area contributed by atoms with Crippen LogP contribution in [-0.2, 0) is 6.54 Å². The molecule has 1 aromatic carbocycles. The van der Waals surface area contributed by atoms with Gasteiger partial charge in [-0.05, 0) is 24.1 Å². The molecular weight excluding hydrogens is 224 g/mol. The second-order valence-corrected chi connectivity index (χ2v) is 4.65. The highest BCUT2D eigenvalue weighted by Gasteiger charge is 2.24. The summed E-state index contributed by atoms with van der Waals surface area (Å²) in [6.45, 7) is 3.33. The van der Waals surface area contributed by atoms with Crippen LogP contribution in [0.5, 0.6) is 0 Å². The van der Waals surface area contributed by atoms with Gasteiger partial charge in [0, 0.05) is 18.7 Å². The largest absolute Gasteiger partial charge is 0.328 e. The molecule has 0 fully saturated rings. The van der Waals surface area contributed by atoms with E-state index < -0.39 is 0 Å². The first-order valence-electron chi connectivity index (χ1n) is 6.53. The number of amides is 1. The minimum absolute atomic E-state index is 0.105. The summed E-state index contributed by atoms with van der Waals surface area (Å²) in [5.41, 5.74) is 7.35. The van der Waals surface area contributed by atoms with Crippen LogP contribution in [0, 0.1) is 0 Å². The van der Waals surface area contributed by atoms with E-state index in [1.807, 2.05) is 29.2 Å². The molecule has 3 heteroatoms. The smallest absolute Gasteiger partial charge is 0.254 e. The van der Waals surface area contributed by atoms with Crippen LogP contribution in [0.25, 0.3) is 0 Å². The highest BCUT2D eigenvalue weighted by atomic mass is 16.2. The van der Waals surface area contributed by atoms with Gasteiger partial charge in [-0.3, -0.25) is 4.79 Å². The first-order chi connectivity index (χ1) is 8.76. The Morgan fingerprint density at radius 2 is 2.33 bits per heavy atom. The number of nitrogens with zero attached hydrogens (tertiary/aromatic N) is 1. The zero-order chi connectivity index (χ0) is 13.0. The Morgan fingerprint density at radius 1 is 1.50 bits per heavy atom. The van der Waals surface area contributed by atoms with E-state index in [1.165, 1.54) is 0 Å². The van der Waals surface area contributed by atoms with Gasteiger partial charge < -0.3 is 10.6 Å². The fourth-order valence-electron chi connectivity index (χ4n) is 2.35. The Bertz CT molecular complexity index is 454. The number of carbonyl (C=O) groups is 1. The molecule has 0 aromatic heterocycles. The van der Waals surface area contributed by atoms with E-state index in [9.17, 15) is 4.79 Å². The summed E-state index contributed by atoms with van der Waals surface area (Å²) in [6, 6.07) is 7.85. The lowest BCUT2D eigenvalue weighted by atomic mass is 10.1. The van der Waals surface area contributed by atoms with Crippen molar-refractivity contribution in [1.82, 2.24) is 4.90 Å². The number of nitrogens with two attached hydrogens (primary N) is 1. The molecule has 0 saturated carbocycles. The summed E-state index contributed by atoms with van der Waals surface area (Å²) in [6.07, 6.45) is 6.32. The van der Waals surface area contributed by atoms with Crippen LogP contribution < -0.4 is 5.73 Å². The molecule has 0 saturated heterocycles. The standard InChI is InChI=1S/C15H20N2O/c1-2-5-14-8-4-9-17(14)15(18)13-7-3-6-12(10-13)11-16/h3-4,6-8,10,14H,2,5,9,11,16H2,1H3. The van der Waals surface area contributed by atoms with Crippen LogP contribution in [-0.4, -0.2) is 23.4 Å². The molecule has 1 unspecified atom stereocenters. The third-order valence-corrected chi connectivity index (χ3v) is 3.32. The van der Waals surface area contributed by atoms with Gasteiger partial charge in [-0.2, -0.15) is 0 Å². The van der Waals surface area contributed by atoms with Crippen molar-refractivity contribution in [3.05, 3.63) is 47.5 Å². The number of hydrogen-bond acceptors (Lipinski definition) is 2. The molecule has 2 N–H and O–H groups in total. The van der Waals surface area contributed by atoms with E-state index >= 15 is 0 Å². The van der Waals surface area contributed by atoms with E-state index in [0.29, 0.717) is 6.54 Å². The van der Waals surface area contributed by atoms with Gasteiger partial charge in [0.25, 0.3) is 5.91 Å². The maximum absolute atomic E-state index is 12.4. The summed E-state index contributed by atoms with van der Waals surface area (Å²) in [5, 5.41) is 0. The van der Waals surface area contributed by atoms with Crippen LogP contribution in [0.1, 0.15) is 35.7 Å². The first kappa shape index (κ1) is 12.8. The van der Waals surface area contributed by atoms with Gasteiger partial charge >= 0.3 is 0 Å². The van der Waals surface area contributed by atoms with E-state index in [0.717, 1.165) is 30.5 Å². The van der Waals surface area contributed by atoms with Crippen molar-refractivity contribution in [2.75, 3.05) is 6.54 Å². The summed E-state index contributed by atoms with van der Waals surface area (Å²) in [4.78, 5) is 14.4. The SMILES string of the molecule is CCCC1C=CCN1C(=O)c1cccc(CN)c1. The molecule has 96 valence electrons. The monoisotopic (exact) mass is 244 g/mol. The fraction of sp³-hybridized carbons (Fsp3) is 0.400. The minimum Gasteiger partial charge on any atom is -0.328 e. The molecule has 2 rings (SSSR count). The Balaban J connectivity index is 2.15. The van der Waals surface area contributed by atoms with Gasteiger partial charge in [0.1, 0.15) is 0 Å². The number of hydrogen-bond donors (Lipinski definition) is 1. The number of rotatable bonds is 4. The van der Waals surface area contributed by atoms with Crippen LogP contribution in [0.15, 0.2) is 36.4 Å². The van der Waals surface area contributed by atoms with Gasteiger partial charge in [0.15, 0.2) is 0 Å². The normalized spacial score (nSPS) is 18.3. The van der Waals surface area contributed by atoms with Crippen molar-refractivity contribution in [2.45, 2.75) is 32.4 Å². The topological polar surface area (TPSA) is 46.3 Å². The van der Waals surface area contributed by atoms with Crippen molar-refractivity contribution >= 4 is 5.91 Å². The highest BCUT2D eigenvalue weighted by molar-refractivity contribution is 5.95. The molecule has 3 nitrogen and oxygen atoms in total. The molecule has 0 bridgehead atoms. The molecule has 0 radical (unpaired) electrons. The molecule has 0 aliphatic carbocycles. The molecule has 18 heavy (non-hydrogen) atoms. The van der Waals surface area contributed by atoms with Crippen molar-refractivity contribution in [2.24, 2.45) is 5.73 Å². The number of benzene rings is 1. The lowest BCUT2D eigenvalue weighted by Crippen LogP contribution is -2.36. The van der Waals surface area contributed by atoms with Crippen LogP contribution in [0.2, 0.25) is 0 Å². The molecule has 1 aliphatic rings. The summed E-state index contributed by atoms with van der Waals surface area (Å²) in [7, 11) is 0. The van der Waals surface area contributed by atoms with Crippen molar-refractivity contribution in [3.8, 4) is 0 Å². The van der Waals surface area contributed by atoms with E-state index in [-0.39, 0.29) is 11.9 Å². The summed E-state index contributed by atoms with van der Waals surface area (Å²) >= 11 is 0. The first-order valence-corrected chi connectivity index (χ1v) is 6.53. The Hall–Kier alpha value is -1.61. The average molecular weight is 244 g/mol. The van der Waals surface area contributed by atoms with Crippen LogP contribution >= 0.6 is 0 Å². The Kier molecular flexibility index (Phi) is 4.15. The Morgan fingerprint density at radius 3 is 3.06 bits per heavy atom. The highest BCUT2D eigenvalue weighted by Crippen LogP contribution is 2.18. The molecule has 0 spiro atoms. The van der Waals surface area contributed by atoms with E-state index in [4.69, 9.17) is 5.73 Å². The second-order valence-electron chi connectivity index (χ2n) is 4.65. The zero-order valence-electron chi connectivity index (χ0n) is 10.8. The van der Waals surface area contributed by atoms with Gasteiger partial charge in [0.2, 0.25) is 0 Å². The van der Waals surface area contributed by atoms with Crippen LogP contribution in [0.3, 0.4) is 0 Å². The minimum atomic E-state index is 0.105.